The monoisotopic (exact) mass is 603 g/mol. The van der Waals surface area contributed by atoms with E-state index in [1.807, 2.05) is 17.4 Å². The summed E-state index contributed by atoms with van der Waals surface area (Å²) in [7, 11) is 0. The Morgan fingerprint density at radius 1 is 0.457 bits per heavy atom. The van der Waals surface area contributed by atoms with Crippen LogP contribution in [0.3, 0.4) is 0 Å². The van der Waals surface area contributed by atoms with Crippen LogP contribution in [0, 0.1) is 0 Å². The van der Waals surface area contributed by atoms with E-state index in [9.17, 15) is 0 Å². The number of hydrogen-bond donors (Lipinski definition) is 0. The van der Waals surface area contributed by atoms with E-state index in [0.29, 0.717) is 0 Å². The maximum Gasteiger partial charge on any atom is 0.144 e. The smallest absolute Gasteiger partial charge is 0.144 e. The van der Waals surface area contributed by atoms with Crippen LogP contribution in [0.2, 0.25) is 0 Å². The zero-order valence-electron chi connectivity index (χ0n) is 24.7. The second-order valence-corrected chi connectivity index (χ2v) is 12.9. The molecule has 0 aliphatic rings. The number of fused-ring (bicyclic) bond motifs is 10. The molecule has 2 nitrogen and oxygen atoms in total. The van der Waals surface area contributed by atoms with Crippen molar-refractivity contribution >= 4 is 75.1 Å². The van der Waals surface area contributed by atoms with E-state index in [1.54, 1.807) is 0 Å². The molecule has 3 heterocycles. The second-order valence-electron chi connectivity index (χ2n) is 11.9. The number of para-hydroxylation sites is 1. The van der Waals surface area contributed by atoms with E-state index >= 15 is 0 Å². The predicted octanol–water partition coefficient (Wildman–Crippen LogP) is 12.7. The Labute approximate surface area is 268 Å². The predicted molar refractivity (Wildman–Crippen MR) is 196 cm³/mol. The van der Waals surface area contributed by atoms with Gasteiger partial charge in [-0.15, -0.1) is 11.3 Å². The van der Waals surface area contributed by atoms with Gasteiger partial charge in [0.1, 0.15) is 11.2 Å². The molecule has 3 heteroatoms. The molecular formula is C43H25NOS. The van der Waals surface area contributed by atoms with Crippen molar-refractivity contribution in [2.45, 2.75) is 0 Å². The number of thiophene rings is 1. The minimum Gasteiger partial charge on any atom is -0.455 e. The van der Waals surface area contributed by atoms with Gasteiger partial charge in [-0.25, -0.2) is 4.98 Å². The minimum atomic E-state index is 0.890. The molecule has 0 saturated carbocycles. The van der Waals surface area contributed by atoms with Crippen molar-refractivity contribution in [3.63, 3.8) is 0 Å². The van der Waals surface area contributed by atoms with Crippen molar-refractivity contribution in [3.8, 4) is 33.5 Å². The summed E-state index contributed by atoms with van der Waals surface area (Å²) in [6, 6.07) is 54.1. The fourth-order valence-corrected chi connectivity index (χ4v) is 8.32. The topological polar surface area (TPSA) is 26.0 Å². The molecule has 0 aliphatic heterocycles. The van der Waals surface area contributed by atoms with E-state index in [-0.39, 0.29) is 0 Å². The normalized spacial score (nSPS) is 11.9. The van der Waals surface area contributed by atoms with Gasteiger partial charge in [-0.1, -0.05) is 121 Å². The van der Waals surface area contributed by atoms with Crippen LogP contribution in [0.1, 0.15) is 0 Å². The van der Waals surface area contributed by atoms with E-state index < -0.39 is 0 Å². The van der Waals surface area contributed by atoms with Gasteiger partial charge >= 0.3 is 0 Å². The van der Waals surface area contributed by atoms with Gasteiger partial charge in [0.05, 0.1) is 11.2 Å². The first-order chi connectivity index (χ1) is 22.8. The molecule has 0 unspecified atom stereocenters. The summed E-state index contributed by atoms with van der Waals surface area (Å²) in [5.74, 6) is 0. The van der Waals surface area contributed by atoms with Crippen LogP contribution in [-0.4, -0.2) is 4.98 Å². The maximum absolute atomic E-state index is 6.67. The van der Waals surface area contributed by atoms with Crippen LogP contribution >= 0.6 is 11.3 Å². The molecule has 0 N–H and O–H groups in total. The zero-order chi connectivity index (χ0) is 30.2. The Morgan fingerprint density at radius 2 is 1.17 bits per heavy atom. The van der Waals surface area contributed by atoms with Gasteiger partial charge in [0.25, 0.3) is 0 Å². The maximum atomic E-state index is 6.67. The molecule has 0 spiro atoms. The highest BCUT2D eigenvalue weighted by atomic mass is 32.1. The lowest BCUT2D eigenvalue weighted by Gasteiger charge is -2.10. The molecule has 0 amide bonds. The van der Waals surface area contributed by atoms with Crippen molar-refractivity contribution in [1.29, 1.82) is 0 Å². The molecule has 0 fully saturated rings. The third kappa shape index (κ3) is 3.79. The fraction of sp³-hybridized carbons (Fsp3) is 0. The summed E-state index contributed by atoms with van der Waals surface area (Å²) >= 11 is 1.87. The lowest BCUT2D eigenvalue weighted by atomic mass is 9.96. The number of hydrogen-bond acceptors (Lipinski definition) is 3. The molecule has 10 aromatic rings. The molecule has 10 rings (SSSR count). The Bertz CT molecular complexity index is 2790. The zero-order valence-corrected chi connectivity index (χ0v) is 25.5. The molecule has 0 radical (unpaired) electrons. The second kappa shape index (κ2) is 9.87. The van der Waals surface area contributed by atoms with Crippen LogP contribution in [0.4, 0.5) is 0 Å². The average molecular weight is 604 g/mol. The van der Waals surface area contributed by atoms with Crippen LogP contribution in [0.25, 0.3) is 97.3 Å². The molecule has 0 bridgehead atoms. The summed E-state index contributed by atoms with van der Waals surface area (Å²) in [5.41, 5.74) is 9.72. The summed E-state index contributed by atoms with van der Waals surface area (Å²) in [5, 5.41) is 8.21. The van der Waals surface area contributed by atoms with Crippen LogP contribution < -0.4 is 0 Å². The molecule has 214 valence electrons. The number of furan rings is 1. The fourth-order valence-electron chi connectivity index (χ4n) is 7.08. The van der Waals surface area contributed by atoms with Gasteiger partial charge in [-0.05, 0) is 52.6 Å². The number of aromatic nitrogens is 1. The molecular weight excluding hydrogens is 579 g/mol. The molecule has 0 saturated heterocycles. The quantitative estimate of drug-likeness (QED) is 0.188. The SMILES string of the molecule is c1ccc(-c2nc3ccccc3c3c2ccc2c4cc(-c5ccc(-c6cccc7c6sc6ccccc67)cc5)ccc4oc23)cc1. The van der Waals surface area contributed by atoms with E-state index in [1.165, 1.54) is 42.4 Å². The van der Waals surface area contributed by atoms with Crippen LogP contribution in [0.15, 0.2) is 156 Å². The van der Waals surface area contributed by atoms with Crippen molar-refractivity contribution in [2.75, 3.05) is 0 Å². The Balaban J connectivity index is 1.12. The van der Waals surface area contributed by atoms with Gasteiger partial charge in [0.2, 0.25) is 0 Å². The third-order valence-electron chi connectivity index (χ3n) is 9.28. The lowest BCUT2D eigenvalue weighted by Crippen LogP contribution is -1.89. The number of rotatable bonds is 3. The molecule has 3 aromatic heterocycles. The van der Waals surface area contributed by atoms with Gasteiger partial charge in [-0.3, -0.25) is 0 Å². The molecule has 7 aromatic carbocycles. The Kier molecular flexibility index (Phi) is 5.48. The lowest BCUT2D eigenvalue weighted by molar-refractivity contribution is 0.673. The number of benzene rings is 7. The summed E-state index contributed by atoms with van der Waals surface area (Å²) in [4.78, 5) is 5.10. The minimum absolute atomic E-state index is 0.890. The highest BCUT2D eigenvalue weighted by molar-refractivity contribution is 7.26. The van der Waals surface area contributed by atoms with Crippen molar-refractivity contribution < 1.29 is 4.42 Å². The number of nitrogens with zero attached hydrogens (tertiary/aromatic N) is 1. The van der Waals surface area contributed by atoms with Crippen LogP contribution in [-0.2, 0) is 0 Å². The van der Waals surface area contributed by atoms with Crippen LogP contribution in [0.5, 0.6) is 0 Å². The van der Waals surface area contributed by atoms with Crippen molar-refractivity contribution in [2.24, 2.45) is 0 Å². The Morgan fingerprint density at radius 3 is 2.07 bits per heavy atom. The largest absolute Gasteiger partial charge is 0.455 e. The first-order valence-electron chi connectivity index (χ1n) is 15.5. The molecule has 46 heavy (non-hydrogen) atoms. The van der Waals surface area contributed by atoms with Gasteiger partial charge in [-0.2, -0.15) is 0 Å². The summed E-state index contributed by atoms with van der Waals surface area (Å²) in [6.45, 7) is 0. The van der Waals surface area contributed by atoms with E-state index in [4.69, 9.17) is 9.40 Å². The standard InChI is InChI=1S/C43H25NOS/c1-2-9-28(10-3-1)41-35-23-22-32-36-25-29(21-24-38(36)45-42(32)40(35)34-12-4-6-15-37(34)44-41)26-17-19-27(20-18-26)30-13-8-14-33-31-11-5-7-16-39(31)46-43(30)33/h1-25H. The molecule has 0 aliphatic carbocycles. The van der Waals surface area contributed by atoms with E-state index in [0.717, 1.165) is 54.9 Å². The van der Waals surface area contributed by atoms with Crippen molar-refractivity contribution in [1.82, 2.24) is 4.98 Å². The number of pyridine rings is 1. The highest BCUT2D eigenvalue weighted by Crippen LogP contribution is 2.43. The Hall–Kier alpha value is -5.77. The molecule has 0 atom stereocenters. The highest BCUT2D eigenvalue weighted by Gasteiger charge is 2.18. The summed E-state index contributed by atoms with van der Waals surface area (Å²) in [6.07, 6.45) is 0. The van der Waals surface area contributed by atoms with Gasteiger partial charge in [0.15, 0.2) is 0 Å². The first-order valence-corrected chi connectivity index (χ1v) is 16.4. The van der Waals surface area contributed by atoms with Gasteiger partial charge in [0, 0.05) is 52.7 Å². The van der Waals surface area contributed by atoms with Crippen molar-refractivity contribution in [3.05, 3.63) is 152 Å². The van der Waals surface area contributed by atoms with E-state index in [2.05, 4.69) is 146 Å². The first kappa shape index (κ1) is 25.5. The summed E-state index contributed by atoms with van der Waals surface area (Å²) < 4.78 is 9.34. The van der Waals surface area contributed by atoms with Gasteiger partial charge < -0.3 is 4.42 Å². The average Bonchev–Trinajstić information content (AvgIpc) is 3.70. The third-order valence-corrected chi connectivity index (χ3v) is 10.5.